The monoisotopic (exact) mass is 428 g/mol. The van der Waals surface area contributed by atoms with Gasteiger partial charge in [0.25, 0.3) is 17.6 Å². The molecule has 0 bridgehead atoms. The van der Waals surface area contributed by atoms with Gasteiger partial charge in [0.2, 0.25) is 0 Å². The van der Waals surface area contributed by atoms with Crippen LogP contribution < -0.4 is 15.4 Å². The van der Waals surface area contributed by atoms with Crippen LogP contribution in [0, 0.1) is 0 Å². The summed E-state index contributed by atoms with van der Waals surface area (Å²) in [5, 5.41) is 5.40. The maximum absolute atomic E-state index is 12.3. The first-order chi connectivity index (χ1) is 14.5. The summed E-state index contributed by atoms with van der Waals surface area (Å²) in [7, 11) is 0. The zero-order chi connectivity index (χ0) is 21.3. The molecule has 0 aromatic heterocycles. The van der Waals surface area contributed by atoms with E-state index in [4.69, 9.17) is 4.74 Å². The van der Waals surface area contributed by atoms with E-state index in [1.165, 1.54) is 12.1 Å². The molecule has 2 amide bonds. The summed E-state index contributed by atoms with van der Waals surface area (Å²) in [5.74, 6) is -2.73. The molecule has 0 aliphatic heterocycles. The Bertz CT molecular complexity index is 999. The molecular formula is C22H18F2N2O3S. The Balaban J connectivity index is 1.51. The first-order valence-corrected chi connectivity index (χ1v) is 9.81. The molecule has 0 fully saturated rings. The predicted octanol–water partition coefficient (Wildman–Crippen LogP) is 5.27. The van der Waals surface area contributed by atoms with Crippen LogP contribution in [0.5, 0.6) is 5.75 Å². The van der Waals surface area contributed by atoms with Gasteiger partial charge in [-0.25, -0.2) is 0 Å². The number of thioether (sulfide) groups is 1. The van der Waals surface area contributed by atoms with Crippen molar-refractivity contribution >= 4 is 35.0 Å². The van der Waals surface area contributed by atoms with Crippen molar-refractivity contribution in [3.63, 3.8) is 0 Å². The number of carbonyl (C=O) groups is 2. The molecular weight excluding hydrogens is 410 g/mol. The largest absolute Gasteiger partial charge is 0.484 e. The van der Waals surface area contributed by atoms with Crippen LogP contribution in [-0.2, 0) is 4.79 Å². The average Bonchev–Trinajstić information content (AvgIpc) is 2.74. The third-order valence-corrected chi connectivity index (χ3v) is 4.58. The smallest absolute Gasteiger partial charge is 0.288 e. The van der Waals surface area contributed by atoms with Crippen molar-refractivity contribution in [2.24, 2.45) is 0 Å². The van der Waals surface area contributed by atoms with Crippen molar-refractivity contribution in [3.05, 3.63) is 84.4 Å². The van der Waals surface area contributed by atoms with Gasteiger partial charge in [-0.05, 0) is 48.5 Å². The molecule has 0 saturated carbocycles. The molecule has 3 rings (SSSR count). The normalized spacial score (nSPS) is 10.5. The molecule has 30 heavy (non-hydrogen) atoms. The van der Waals surface area contributed by atoms with Crippen molar-refractivity contribution < 1.29 is 23.1 Å². The third-order valence-electron chi connectivity index (χ3n) is 3.86. The Kier molecular flexibility index (Phi) is 7.40. The van der Waals surface area contributed by atoms with Crippen LogP contribution in [0.1, 0.15) is 10.4 Å². The number of carbonyl (C=O) groups excluding carboxylic acids is 2. The molecule has 154 valence electrons. The van der Waals surface area contributed by atoms with Gasteiger partial charge in [0.05, 0.1) is 0 Å². The highest BCUT2D eigenvalue weighted by molar-refractivity contribution is 7.99. The van der Waals surface area contributed by atoms with Gasteiger partial charge in [-0.2, -0.15) is 8.78 Å². The van der Waals surface area contributed by atoms with Crippen LogP contribution in [0.15, 0.2) is 83.8 Å². The van der Waals surface area contributed by atoms with Crippen molar-refractivity contribution in [3.8, 4) is 5.75 Å². The van der Waals surface area contributed by atoms with E-state index in [0.29, 0.717) is 39.3 Å². The molecule has 0 unspecified atom stereocenters. The van der Waals surface area contributed by atoms with Crippen molar-refractivity contribution in [1.82, 2.24) is 0 Å². The minimum absolute atomic E-state index is 0.246. The van der Waals surface area contributed by atoms with Gasteiger partial charge in [0, 0.05) is 27.9 Å². The lowest BCUT2D eigenvalue weighted by atomic mass is 10.2. The van der Waals surface area contributed by atoms with Crippen LogP contribution >= 0.6 is 11.8 Å². The van der Waals surface area contributed by atoms with Crippen LogP contribution in [0.25, 0.3) is 0 Å². The standard InChI is InChI=1S/C22H18F2N2O3S/c23-22(24)30-19-11-9-16(10-12-19)25-20(27)14-29-18-8-4-7-17(13-18)26-21(28)15-5-2-1-3-6-15/h1-13,22H,14H2,(H,25,27)(H,26,28). The molecule has 0 spiro atoms. The van der Waals surface area contributed by atoms with Gasteiger partial charge in [0.15, 0.2) is 6.61 Å². The first kappa shape index (κ1) is 21.3. The highest BCUT2D eigenvalue weighted by Crippen LogP contribution is 2.26. The quantitative estimate of drug-likeness (QED) is 0.480. The summed E-state index contributed by atoms with van der Waals surface area (Å²) in [5.41, 5.74) is 1.54. The predicted molar refractivity (Wildman–Crippen MR) is 113 cm³/mol. The van der Waals surface area contributed by atoms with Crippen molar-refractivity contribution in [1.29, 1.82) is 0 Å². The Morgan fingerprint density at radius 2 is 1.60 bits per heavy atom. The zero-order valence-electron chi connectivity index (χ0n) is 15.7. The number of ether oxygens (including phenoxy) is 1. The van der Waals surface area contributed by atoms with Gasteiger partial charge >= 0.3 is 0 Å². The van der Waals surface area contributed by atoms with Gasteiger partial charge in [-0.1, -0.05) is 36.0 Å². The molecule has 0 heterocycles. The average molecular weight is 428 g/mol. The fourth-order valence-electron chi connectivity index (χ4n) is 2.52. The third kappa shape index (κ3) is 6.59. The number of alkyl halides is 2. The molecule has 0 aliphatic rings. The number of hydrogen-bond donors (Lipinski definition) is 2. The number of hydrogen-bond acceptors (Lipinski definition) is 4. The highest BCUT2D eigenvalue weighted by atomic mass is 32.2. The van der Waals surface area contributed by atoms with E-state index in [2.05, 4.69) is 10.6 Å². The summed E-state index contributed by atoms with van der Waals surface area (Å²) in [6.45, 7) is -0.246. The molecule has 0 atom stereocenters. The highest BCUT2D eigenvalue weighted by Gasteiger charge is 2.09. The minimum Gasteiger partial charge on any atom is -0.484 e. The summed E-state index contributed by atoms with van der Waals surface area (Å²) in [4.78, 5) is 24.7. The van der Waals surface area contributed by atoms with Gasteiger partial charge in [-0.15, -0.1) is 0 Å². The Morgan fingerprint density at radius 1 is 0.867 bits per heavy atom. The first-order valence-electron chi connectivity index (χ1n) is 8.93. The van der Waals surface area contributed by atoms with Crippen LogP contribution in [0.2, 0.25) is 0 Å². The number of benzene rings is 3. The number of anilines is 2. The molecule has 0 saturated heterocycles. The lowest BCUT2D eigenvalue weighted by Gasteiger charge is -2.10. The molecule has 0 radical (unpaired) electrons. The van der Waals surface area contributed by atoms with E-state index in [9.17, 15) is 18.4 Å². The number of rotatable bonds is 8. The van der Waals surface area contributed by atoms with Crippen LogP contribution in [0.4, 0.5) is 20.2 Å². The Morgan fingerprint density at radius 3 is 2.30 bits per heavy atom. The summed E-state index contributed by atoms with van der Waals surface area (Å²) >= 11 is 0.437. The van der Waals surface area contributed by atoms with E-state index < -0.39 is 11.7 Å². The molecule has 8 heteroatoms. The second kappa shape index (κ2) is 10.4. The van der Waals surface area contributed by atoms with E-state index in [0.717, 1.165) is 0 Å². The fraction of sp³-hybridized carbons (Fsp3) is 0.0909. The SMILES string of the molecule is O=C(COc1cccc(NC(=O)c2ccccc2)c1)Nc1ccc(SC(F)F)cc1. The topological polar surface area (TPSA) is 67.4 Å². The summed E-state index contributed by atoms with van der Waals surface area (Å²) in [6.07, 6.45) is 0. The number of nitrogens with one attached hydrogen (secondary N) is 2. The summed E-state index contributed by atoms with van der Waals surface area (Å²) in [6, 6.07) is 21.6. The lowest BCUT2D eigenvalue weighted by Crippen LogP contribution is -2.20. The van der Waals surface area contributed by atoms with Crippen LogP contribution in [0.3, 0.4) is 0 Å². The molecule has 3 aromatic carbocycles. The Hall–Kier alpha value is -3.39. The van der Waals surface area contributed by atoms with Gasteiger partial charge < -0.3 is 15.4 Å². The van der Waals surface area contributed by atoms with Crippen LogP contribution in [-0.4, -0.2) is 24.2 Å². The van der Waals surface area contributed by atoms with Gasteiger partial charge in [-0.3, -0.25) is 9.59 Å². The second-order valence-corrected chi connectivity index (χ2v) is 7.15. The van der Waals surface area contributed by atoms with Gasteiger partial charge in [0.1, 0.15) is 5.75 Å². The molecule has 3 aromatic rings. The van der Waals surface area contributed by atoms with E-state index in [1.807, 2.05) is 6.07 Å². The number of halogens is 2. The molecule has 2 N–H and O–H groups in total. The van der Waals surface area contributed by atoms with Crippen molar-refractivity contribution in [2.75, 3.05) is 17.2 Å². The zero-order valence-corrected chi connectivity index (χ0v) is 16.5. The maximum atomic E-state index is 12.3. The number of amides is 2. The molecule has 0 aliphatic carbocycles. The molecule has 5 nitrogen and oxygen atoms in total. The second-order valence-electron chi connectivity index (χ2n) is 6.09. The minimum atomic E-state index is -2.49. The maximum Gasteiger partial charge on any atom is 0.288 e. The Labute approximate surface area is 176 Å². The fourth-order valence-corrected chi connectivity index (χ4v) is 3.02. The lowest BCUT2D eigenvalue weighted by molar-refractivity contribution is -0.118. The van der Waals surface area contributed by atoms with Crippen molar-refractivity contribution in [2.45, 2.75) is 10.7 Å². The summed E-state index contributed by atoms with van der Waals surface area (Å²) < 4.78 is 30.1. The van der Waals surface area contributed by atoms with E-state index >= 15 is 0 Å². The van der Waals surface area contributed by atoms with E-state index in [1.54, 1.807) is 60.7 Å². The van der Waals surface area contributed by atoms with E-state index in [-0.39, 0.29) is 12.5 Å².